The number of benzene rings is 1. The molecule has 0 amide bonds. The van der Waals surface area contributed by atoms with Gasteiger partial charge in [0.05, 0.1) is 5.69 Å². The molecule has 0 fully saturated rings. The number of aromatic nitrogens is 1. The third kappa shape index (κ3) is 2.26. The lowest BCUT2D eigenvalue weighted by molar-refractivity contribution is 0.465. The maximum atomic E-state index is 11.1. The van der Waals surface area contributed by atoms with Crippen molar-refractivity contribution in [2.75, 3.05) is 0 Å². The van der Waals surface area contributed by atoms with Crippen LogP contribution in [0.2, 0.25) is 0 Å². The minimum atomic E-state index is -0.196. The van der Waals surface area contributed by atoms with Crippen LogP contribution in [-0.4, -0.2) is 10.1 Å². The highest BCUT2D eigenvalue weighted by atomic mass is 16.3. The van der Waals surface area contributed by atoms with Crippen molar-refractivity contribution in [3.63, 3.8) is 0 Å². The second-order valence-corrected chi connectivity index (χ2v) is 3.35. The van der Waals surface area contributed by atoms with Crippen LogP contribution in [0.5, 0.6) is 5.75 Å². The van der Waals surface area contributed by atoms with E-state index < -0.39 is 0 Å². The molecule has 0 radical (unpaired) electrons. The van der Waals surface area contributed by atoms with Crippen LogP contribution in [0.3, 0.4) is 0 Å². The zero-order valence-corrected chi connectivity index (χ0v) is 8.10. The van der Waals surface area contributed by atoms with E-state index in [0.29, 0.717) is 12.1 Å². The summed E-state index contributed by atoms with van der Waals surface area (Å²) in [4.78, 5) is 13.7. The molecular weight excluding hydrogens is 190 g/mol. The Bertz CT molecular complexity index is 503. The van der Waals surface area contributed by atoms with Gasteiger partial charge in [-0.25, -0.2) is 0 Å². The Morgan fingerprint density at radius 2 is 1.80 bits per heavy atom. The number of hydrogen-bond acceptors (Lipinski definition) is 2. The number of H-pyrrole nitrogens is 1. The van der Waals surface area contributed by atoms with Crippen molar-refractivity contribution in [3.05, 3.63) is 64.1 Å². The predicted molar refractivity (Wildman–Crippen MR) is 58.0 cm³/mol. The number of pyridine rings is 1. The van der Waals surface area contributed by atoms with Crippen molar-refractivity contribution in [3.8, 4) is 5.75 Å². The van der Waals surface area contributed by atoms with Gasteiger partial charge >= 0.3 is 0 Å². The molecule has 0 unspecified atom stereocenters. The number of rotatable bonds is 2. The smallest absolute Gasteiger partial charge is 0.248 e. The van der Waals surface area contributed by atoms with Gasteiger partial charge < -0.3 is 10.1 Å². The summed E-state index contributed by atoms with van der Waals surface area (Å²) in [5, 5.41) is 9.53. The van der Waals surface area contributed by atoms with Crippen LogP contribution in [-0.2, 0) is 6.42 Å². The third-order valence-electron chi connectivity index (χ3n) is 2.20. The van der Waals surface area contributed by atoms with Crippen molar-refractivity contribution >= 4 is 0 Å². The number of aromatic amines is 1. The normalized spacial score (nSPS) is 10.1. The standard InChI is InChI=1S/C12H11NO2/c14-11-6-7-12(15)13-10(11)8-9-4-2-1-3-5-9/h1-7,14H,8H2,(H,13,15). The summed E-state index contributed by atoms with van der Waals surface area (Å²) in [7, 11) is 0. The minimum Gasteiger partial charge on any atom is -0.506 e. The lowest BCUT2D eigenvalue weighted by Gasteiger charge is -2.03. The monoisotopic (exact) mass is 201 g/mol. The van der Waals surface area contributed by atoms with Crippen molar-refractivity contribution in [2.45, 2.75) is 6.42 Å². The number of hydrogen-bond donors (Lipinski definition) is 2. The van der Waals surface area contributed by atoms with Crippen molar-refractivity contribution in [2.24, 2.45) is 0 Å². The first-order chi connectivity index (χ1) is 7.25. The highest BCUT2D eigenvalue weighted by Crippen LogP contribution is 2.15. The zero-order valence-electron chi connectivity index (χ0n) is 8.10. The molecule has 2 aromatic rings. The van der Waals surface area contributed by atoms with E-state index in [1.807, 2.05) is 30.3 Å². The van der Waals surface area contributed by atoms with Crippen molar-refractivity contribution in [1.29, 1.82) is 0 Å². The predicted octanol–water partition coefficient (Wildman–Crippen LogP) is 1.67. The number of aromatic hydroxyl groups is 1. The summed E-state index contributed by atoms with van der Waals surface area (Å²) in [5.41, 5.74) is 1.40. The maximum Gasteiger partial charge on any atom is 0.248 e. The fourth-order valence-corrected chi connectivity index (χ4v) is 1.44. The lowest BCUT2D eigenvalue weighted by Crippen LogP contribution is -2.07. The molecule has 2 N–H and O–H groups in total. The molecule has 0 aliphatic carbocycles. The Kier molecular flexibility index (Phi) is 2.54. The fraction of sp³-hybridized carbons (Fsp3) is 0.0833. The van der Waals surface area contributed by atoms with Gasteiger partial charge in [0.25, 0.3) is 0 Å². The maximum absolute atomic E-state index is 11.1. The molecule has 0 saturated carbocycles. The van der Waals surface area contributed by atoms with E-state index in [-0.39, 0.29) is 11.3 Å². The van der Waals surface area contributed by atoms with Gasteiger partial charge in [-0.15, -0.1) is 0 Å². The van der Waals surface area contributed by atoms with Gasteiger partial charge in [-0.05, 0) is 11.6 Å². The summed E-state index contributed by atoms with van der Waals surface area (Å²) in [6.07, 6.45) is 0.531. The average molecular weight is 201 g/mol. The lowest BCUT2D eigenvalue weighted by atomic mass is 10.1. The van der Waals surface area contributed by atoms with Crippen LogP contribution < -0.4 is 5.56 Å². The summed E-state index contributed by atoms with van der Waals surface area (Å²) < 4.78 is 0. The molecule has 0 spiro atoms. The van der Waals surface area contributed by atoms with Crippen LogP contribution in [0.4, 0.5) is 0 Å². The van der Waals surface area contributed by atoms with Gasteiger partial charge in [-0.2, -0.15) is 0 Å². The Morgan fingerprint density at radius 1 is 1.07 bits per heavy atom. The van der Waals surface area contributed by atoms with Crippen LogP contribution in [0.25, 0.3) is 0 Å². The van der Waals surface area contributed by atoms with E-state index in [9.17, 15) is 9.90 Å². The molecular formula is C12H11NO2. The minimum absolute atomic E-state index is 0.124. The van der Waals surface area contributed by atoms with E-state index in [1.165, 1.54) is 12.1 Å². The molecule has 0 saturated heterocycles. The Labute approximate surface area is 87.0 Å². The molecule has 2 rings (SSSR count). The fourth-order valence-electron chi connectivity index (χ4n) is 1.44. The van der Waals surface area contributed by atoms with Crippen molar-refractivity contribution < 1.29 is 5.11 Å². The summed E-state index contributed by atoms with van der Waals surface area (Å²) in [6.45, 7) is 0. The van der Waals surface area contributed by atoms with Gasteiger partial charge in [0, 0.05) is 12.5 Å². The molecule has 15 heavy (non-hydrogen) atoms. The van der Waals surface area contributed by atoms with Gasteiger partial charge in [-0.3, -0.25) is 4.79 Å². The SMILES string of the molecule is O=c1ccc(O)c(Cc2ccccc2)[nH]1. The summed E-state index contributed by atoms with van der Waals surface area (Å²) >= 11 is 0. The average Bonchev–Trinajstić information content (AvgIpc) is 2.25. The Hall–Kier alpha value is -2.03. The first kappa shape index (κ1) is 9.52. The van der Waals surface area contributed by atoms with Gasteiger partial charge in [0.2, 0.25) is 5.56 Å². The Morgan fingerprint density at radius 3 is 2.53 bits per heavy atom. The molecule has 1 aromatic carbocycles. The van der Waals surface area contributed by atoms with E-state index in [1.54, 1.807) is 0 Å². The first-order valence-corrected chi connectivity index (χ1v) is 4.71. The van der Waals surface area contributed by atoms with Crippen LogP contribution >= 0.6 is 0 Å². The van der Waals surface area contributed by atoms with Gasteiger partial charge in [-0.1, -0.05) is 30.3 Å². The third-order valence-corrected chi connectivity index (χ3v) is 2.20. The van der Waals surface area contributed by atoms with E-state index in [2.05, 4.69) is 4.98 Å². The summed E-state index contributed by atoms with van der Waals surface area (Å²) in [6, 6.07) is 12.4. The van der Waals surface area contributed by atoms with Crippen LogP contribution in [0.1, 0.15) is 11.3 Å². The zero-order chi connectivity index (χ0) is 10.7. The molecule has 0 bridgehead atoms. The topological polar surface area (TPSA) is 53.1 Å². The molecule has 1 aromatic heterocycles. The highest BCUT2D eigenvalue weighted by molar-refractivity contribution is 5.30. The summed E-state index contributed by atoms with van der Waals surface area (Å²) in [5.74, 6) is 0.124. The second kappa shape index (κ2) is 4.00. The second-order valence-electron chi connectivity index (χ2n) is 3.35. The van der Waals surface area contributed by atoms with Crippen LogP contribution in [0.15, 0.2) is 47.3 Å². The molecule has 0 aliphatic rings. The van der Waals surface area contributed by atoms with Crippen LogP contribution in [0, 0.1) is 0 Å². The molecule has 0 atom stereocenters. The highest BCUT2D eigenvalue weighted by Gasteiger charge is 2.02. The molecule has 76 valence electrons. The first-order valence-electron chi connectivity index (χ1n) is 4.71. The van der Waals surface area contributed by atoms with E-state index >= 15 is 0 Å². The van der Waals surface area contributed by atoms with E-state index in [0.717, 1.165) is 5.56 Å². The van der Waals surface area contributed by atoms with Crippen molar-refractivity contribution in [1.82, 2.24) is 4.98 Å². The molecule has 1 heterocycles. The van der Waals surface area contributed by atoms with Gasteiger partial charge in [0.15, 0.2) is 0 Å². The van der Waals surface area contributed by atoms with E-state index in [4.69, 9.17) is 0 Å². The molecule has 0 aliphatic heterocycles. The van der Waals surface area contributed by atoms with Gasteiger partial charge in [0.1, 0.15) is 5.75 Å². The molecule has 3 heteroatoms. The largest absolute Gasteiger partial charge is 0.506 e. The number of nitrogens with one attached hydrogen (secondary N) is 1. The Balaban J connectivity index is 2.32. The quantitative estimate of drug-likeness (QED) is 0.776. The molecule has 3 nitrogen and oxygen atoms in total.